The van der Waals surface area contributed by atoms with Crippen molar-refractivity contribution in [1.82, 2.24) is 0 Å². The van der Waals surface area contributed by atoms with Gasteiger partial charge < -0.3 is 15.3 Å². The molecule has 3 heteroatoms. The molecule has 3 aromatic rings. The molecule has 0 aliphatic carbocycles. The van der Waals surface area contributed by atoms with E-state index >= 15 is 0 Å². The zero-order chi connectivity index (χ0) is 30.5. The Bertz CT molecular complexity index is 1240. The molecule has 2 N–H and O–H groups in total. The third kappa shape index (κ3) is 9.83. The minimum absolute atomic E-state index is 0.116. The Balaban J connectivity index is 1.78. The van der Waals surface area contributed by atoms with Gasteiger partial charge in [0.1, 0.15) is 5.75 Å². The second kappa shape index (κ2) is 13.4. The normalized spacial score (nSPS) is 13.8. The van der Waals surface area contributed by atoms with Crippen LogP contribution in [0.5, 0.6) is 5.75 Å². The number of hydrogen-bond acceptors (Lipinski definition) is 3. The lowest BCUT2D eigenvalue weighted by Gasteiger charge is -2.34. The molecule has 0 radical (unpaired) electrons. The number of aromatic hydroxyl groups is 1. The van der Waals surface area contributed by atoms with E-state index in [0.717, 1.165) is 35.3 Å². The average Bonchev–Trinajstić information content (AvgIpc) is 2.84. The number of aryl methyl sites for hydroxylation is 1. The van der Waals surface area contributed by atoms with Crippen LogP contribution >= 0.6 is 0 Å². The van der Waals surface area contributed by atoms with E-state index in [2.05, 4.69) is 147 Å². The second-order valence-corrected chi connectivity index (χ2v) is 15.1. The highest BCUT2D eigenvalue weighted by molar-refractivity contribution is 5.63. The van der Waals surface area contributed by atoms with Crippen LogP contribution in [-0.4, -0.2) is 11.1 Å². The summed E-state index contributed by atoms with van der Waals surface area (Å²) in [6, 6.07) is 22.2. The summed E-state index contributed by atoms with van der Waals surface area (Å²) in [7, 11) is 0. The molecule has 3 nitrogen and oxygen atoms in total. The van der Waals surface area contributed by atoms with Crippen LogP contribution in [0.2, 0.25) is 0 Å². The molecular formula is C38H56N2O. The molecule has 2 atom stereocenters. The molecule has 0 amide bonds. The second-order valence-electron chi connectivity index (χ2n) is 15.1. The standard InChI is InChI=1S/C38H56N2O/c1-26(2)20-29(5)40(25-31-22-27(3)23-35(36(31)41)38(9,10)11)34-18-16-33(17-19-34)39-32-14-12-30(13-15-32)21-28(4)24-37(6,7)8/h12-19,22-23,26,28-29,39,41H,20-21,24-25H2,1-11H3. The summed E-state index contributed by atoms with van der Waals surface area (Å²) in [4.78, 5) is 2.44. The molecule has 2 unspecified atom stereocenters. The summed E-state index contributed by atoms with van der Waals surface area (Å²) in [5, 5.41) is 14.9. The van der Waals surface area contributed by atoms with Crippen molar-refractivity contribution in [2.75, 3.05) is 10.2 Å². The number of anilines is 3. The Labute approximate surface area is 251 Å². The van der Waals surface area contributed by atoms with Gasteiger partial charge in [-0.1, -0.05) is 92.1 Å². The van der Waals surface area contributed by atoms with Crippen LogP contribution in [0.15, 0.2) is 60.7 Å². The van der Waals surface area contributed by atoms with Crippen molar-refractivity contribution in [3.63, 3.8) is 0 Å². The van der Waals surface area contributed by atoms with E-state index in [1.807, 2.05) is 0 Å². The number of hydrogen-bond donors (Lipinski definition) is 2. The maximum Gasteiger partial charge on any atom is 0.124 e. The van der Waals surface area contributed by atoms with Crippen molar-refractivity contribution in [3.8, 4) is 5.75 Å². The molecule has 0 aromatic heterocycles. The van der Waals surface area contributed by atoms with Gasteiger partial charge in [-0.2, -0.15) is 0 Å². The van der Waals surface area contributed by atoms with Gasteiger partial charge in [0.25, 0.3) is 0 Å². The average molecular weight is 557 g/mol. The van der Waals surface area contributed by atoms with Crippen LogP contribution < -0.4 is 10.2 Å². The van der Waals surface area contributed by atoms with Gasteiger partial charge >= 0.3 is 0 Å². The molecule has 224 valence electrons. The number of phenols is 1. The Kier molecular flexibility index (Phi) is 10.6. The Morgan fingerprint density at radius 3 is 1.88 bits per heavy atom. The zero-order valence-corrected chi connectivity index (χ0v) is 27.7. The lowest BCUT2D eigenvalue weighted by Crippen LogP contribution is -2.33. The molecule has 41 heavy (non-hydrogen) atoms. The summed E-state index contributed by atoms with van der Waals surface area (Å²) in [6.07, 6.45) is 3.43. The van der Waals surface area contributed by atoms with E-state index in [4.69, 9.17) is 0 Å². The van der Waals surface area contributed by atoms with E-state index in [0.29, 0.717) is 35.6 Å². The minimum Gasteiger partial charge on any atom is -0.507 e. The SMILES string of the molecule is Cc1cc(CN(c2ccc(Nc3ccc(CC(C)CC(C)(C)C)cc3)cc2)C(C)CC(C)C)c(O)c(C(C)(C)C)c1. The summed E-state index contributed by atoms with van der Waals surface area (Å²) in [6.45, 7) is 25.5. The molecule has 0 spiro atoms. The van der Waals surface area contributed by atoms with E-state index in [1.165, 1.54) is 23.2 Å². The van der Waals surface area contributed by atoms with Crippen LogP contribution in [0.3, 0.4) is 0 Å². The summed E-state index contributed by atoms with van der Waals surface area (Å²) in [5.74, 6) is 1.69. The van der Waals surface area contributed by atoms with E-state index < -0.39 is 0 Å². The first-order chi connectivity index (χ1) is 19.0. The molecule has 0 fully saturated rings. The number of phenolic OH excluding ortho intramolecular Hbond substituents is 1. The van der Waals surface area contributed by atoms with Crippen LogP contribution in [0, 0.1) is 24.2 Å². The van der Waals surface area contributed by atoms with Crippen molar-refractivity contribution < 1.29 is 5.11 Å². The molecule has 3 aromatic carbocycles. The van der Waals surface area contributed by atoms with Crippen LogP contribution in [0.1, 0.15) is 104 Å². The Morgan fingerprint density at radius 1 is 0.805 bits per heavy atom. The molecule has 0 saturated heterocycles. The largest absolute Gasteiger partial charge is 0.507 e. The van der Waals surface area contributed by atoms with Gasteiger partial charge in [0.15, 0.2) is 0 Å². The van der Waals surface area contributed by atoms with E-state index in [9.17, 15) is 5.11 Å². The molecule has 0 aliphatic heterocycles. The first-order valence-corrected chi connectivity index (χ1v) is 15.6. The third-order valence-corrected chi connectivity index (χ3v) is 7.81. The lowest BCUT2D eigenvalue weighted by atomic mass is 9.83. The molecule has 3 rings (SSSR count). The Hall–Kier alpha value is -2.94. The highest BCUT2D eigenvalue weighted by atomic mass is 16.3. The van der Waals surface area contributed by atoms with Gasteiger partial charge in [0, 0.05) is 35.2 Å². The van der Waals surface area contributed by atoms with Crippen LogP contribution in [-0.2, 0) is 18.4 Å². The van der Waals surface area contributed by atoms with Gasteiger partial charge in [-0.05, 0) is 103 Å². The van der Waals surface area contributed by atoms with Gasteiger partial charge in [-0.3, -0.25) is 0 Å². The van der Waals surface area contributed by atoms with Crippen LogP contribution in [0.25, 0.3) is 0 Å². The van der Waals surface area contributed by atoms with Crippen molar-refractivity contribution in [1.29, 1.82) is 0 Å². The van der Waals surface area contributed by atoms with Crippen molar-refractivity contribution in [2.24, 2.45) is 17.3 Å². The Morgan fingerprint density at radius 2 is 1.37 bits per heavy atom. The zero-order valence-electron chi connectivity index (χ0n) is 27.7. The quantitative estimate of drug-likeness (QED) is 0.246. The van der Waals surface area contributed by atoms with Crippen molar-refractivity contribution in [2.45, 2.75) is 113 Å². The highest BCUT2D eigenvalue weighted by Gasteiger charge is 2.24. The predicted molar refractivity (Wildman–Crippen MR) is 180 cm³/mol. The van der Waals surface area contributed by atoms with Gasteiger partial charge in [-0.15, -0.1) is 0 Å². The fourth-order valence-electron chi connectivity index (χ4n) is 6.19. The van der Waals surface area contributed by atoms with Gasteiger partial charge in [0.2, 0.25) is 0 Å². The molecule has 0 saturated carbocycles. The number of nitrogens with zero attached hydrogens (tertiary/aromatic N) is 1. The number of rotatable bonds is 11. The van der Waals surface area contributed by atoms with Gasteiger partial charge in [0.05, 0.1) is 0 Å². The maximum atomic E-state index is 11.3. The fourth-order valence-corrected chi connectivity index (χ4v) is 6.19. The molecular weight excluding hydrogens is 500 g/mol. The van der Waals surface area contributed by atoms with E-state index in [1.54, 1.807) is 0 Å². The third-order valence-electron chi connectivity index (χ3n) is 7.81. The maximum absolute atomic E-state index is 11.3. The van der Waals surface area contributed by atoms with E-state index in [-0.39, 0.29) is 5.41 Å². The smallest absolute Gasteiger partial charge is 0.124 e. The topological polar surface area (TPSA) is 35.5 Å². The first kappa shape index (κ1) is 32.6. The highest BCUT2D eigenvalue weighted by Crippen LogP contribution is 2.36. The predicted octanol–water partition coefficient (Wildman–Crippen LogP) is 10.8. The summed E-state index contributed by atoms with van der Waals surface area (Å²) in [5.41, 5.74) is 8.19. The van der Waals surface area contributed by atoms with Crippen LogP contribution in [0.4, 0.5) is 17.1 Å². The minimum atomic E-state index is -0.116. The first-order valence-electron chi connectivity index (χ1n) is 15.6. The molecule has 0 bridgehead atoms. The monoisotopic (exact) mass is 556 g/mol. The number of benzene rings is 3. The molecule has 0 aliphatic rings. The van der Waals surface area contributed by atoms with Crippen molar-refractivity contribution in [3.05, 3.63) is 82.9 Å². The van der Waals surface area contributed by atoms with Crippen molar-refractivity contribution >= 4 is 17.1 Å². The lowest BCUT2D eigenvalue weighted by molar-refractivity contribution is 0.306. The summed E-state index contributed by atoms with van der Waals surface area (Å²) >= 11 is 0. The number of nitrogens with one attached hydrogen (secondary N) is 1. The van der Waals surface area contributed by atoms with Gasteiger partial charge in [-0.25, -0.2) is 0 Å². The molecule has 0 heterocycles. The fraction of sp³-hybridized carbons (Fsp3) is 0.526. The summed E-state index contributed by atoms with van der Waals surface area (Å²) < 4.78 is 0.